The van der Waals surface area contributed by atoms with Crippen molar-refractivity contribution in [1.29, 1.82) is 0 Å². The van der Waals surface area contributed by atoms with Gasteiger partial charge in [-0.3, -0.25) is 10.1 Å². The third-order valence-corrected chi connectivity index (χ3v) is 3.29. The van der Waals surface area contributed by atoms with E-state index in [1.807, 2.05) is 0 Å². The number of benzene rings is 1. The Balaban J connectivity index is 1.94. The lowest BCUT2D eigenvalue weighted by molar-refractivity contribution is -0.384. The van der Waals surface area contributed by atoms with E-state index in [0.717, 1.165) is 31.9 Å². The van der Waals surface area contributed by atoms with Gasteiger partial charge in [0.25, 0.3) is 5.69 Å². The van der Waals surface area contributed by atoms with Crippen LogP contribution in [0.15, 0.2) is 18.2 Å². The van der Waals surface area contributed by atoms with Crippen molar-refractivity contribution in [2.75, 3.05) is 38.6 Å². The molecule has 0 bridgehead atoms. The number of nitrogens with zero attached hydrogens (tertiary/aromatic N) is 2. The molecule has 1 N–H and O–H groups in total. The van der Waals surface area contributed by atoms with Crippen molar-refractivity contribution in [2.24, 2.45) is 0 Å². The fourth-order valence-corrected chi connectivity index (χ4v) is 2.27. The number of nitro benzene ring substituents is 1. The standard InChI is InChI=1S/C13H19N3O3/c1-19-13-9-11(8-12(10-13)16(17)18)14-4-7-15-5-2-3-6-15/h8-10,14H,2-7H2,1H3. The van der Waals surface area contributed by atoms with E-state index in [9.17, 15) is 10.1 Å². The lowest BCUT2D eigenvalue weighted by atomic mass is 10.2. The molecule has 0 spiro atoms. The lowest BCUT2D eigenvalue weighted by Gasteiger charge is -2.15. The molecule has 0 atom stereocenters. The summed E-state index contributed by atoms with van der Waals surface area (Å²) in [7, 11) is 1.51. The van der Waals surface area contributed by atoms with Gasteiger partial charge in [0.1, 0.15) is 5.75 Å². The molecule has 1 aromatic rings. The molecule has 0 radical (unpaired) electrons. The Morgan fingerprint density at radius 1 is 1.37 bits per heavy atom. The maximum Gasteiger partial charge on any atom is 0.275 e. The summed E-state index contributed by atoms with van der Waals surface area (Å²) in [5, 5.41) is 14.0. The minimum absolute atomic E-state index is 0.0445. The highest BCUT2D eigenvalue weighted by Gasteiger charge is 2.12. The number of hydrogen-bond acceptors (Lipinski definition) is 5. The summed E-state index contributed by atoms with van der Waals surface area (Å²) in [6, 6.07) is 4.73. The van der Waals surface area contributed by atoms with Gasteiger partial charge in [-0.2, -0.15) is 0 Å². The van der Waals surface area contributed by atoms with Crippen molar-refractivity contribution in [1.82, 2.24) is 4.90 Å². The fourth-order valence-electron chi connectivity index (χ4n) is 2.27. The average molecular weight is 265 g/mol. The van der Waals surface area contributed by atoms with Gasteiger partial charge in [-0.25, -0.2) is 0 Å². The van der Waals surface area contributed by atoms with Crippen molar-refractivity contribution >= 4 is 11.4 Å². The molecule has 1 aliphatic rings. The normalized spacial score (nSPS) is 15.4. The summed E-state index contributed by atoms with van der Waals surface area (Å²) in [5.74, 6) is 0.498. The first kappa shape index (κ1) is 13.6. The van der Waals surface area contributed by atoms with Crippen molar-refractivity contribution in [2.45, 2.75) is 12.8 Å². The first-order valence-corrected chi connectivity index (χ1v) is 6.49. The minimum atomic E-state index is -0.409. The maximum absolute atomic E-state index is 10.8. The lowest BCUT2D eigenvalue weighted by Crippen LogP contribution is -2.25. The smallest absolute Gasteiger partial charge is 0.275 e. The van der Waals surface area contributed by atoms with Gasteiger partial charge in [-0.15, -0.1) is 0 Å². The molecule has 0 aliphatic carbocycles. The number of nitro groups is 1. The topological polar surface area (TPSA) is 67.6 Å². The van der Waals surface area contributed by atoms with E-state index in [0.29, 0.717) is 5.75 Å². The molecular formula is C13H19N3O3. The van der Waals surface area contributed by atoms with Gasteiger partial charge in [0.2, 0.25) is 0 Å². The molecule has 1 aromatic carbocycles. The Hall–Kier alpha value is -1.82. The second-order valence-electron chi connectivity index (χ2n) is 4.65. The van der Waals surface area contributed by atoms with E-state index in [2.05, 4.69) is 10.2 Å². The summed E-state index contributed by atoms with van der Waals surface area (Å²) < 4.78 is 5.07. The van der Waals surface area contributed by atoms with Crippen LogP contribution in [0, 0.1) is 10.1 Å². The van der Waals surface area contributed by atoms with E-state index in [1.165, 1.54) is 32.1 Å². The molecule has 0 unspecified atom stereocenters. The first-order chi connectivity index (χ1) is 9.19. The molecule has 1 fully saturated rings. The van der Waals surface area contributed by atoms with Crippen LogP contribution in [0.3, 0.4) is 0 Å². The van der Waals surface area contributed by atoms with Crippen molar-refractivity contribution < 1.29 is 9.66 Å². The Morgan fingerprint density at radius 3 is 2.74 bits per heavy atom. The van der Waals surface area contributed by atoms with Crippen LogP contribution in [0.4, 0.5) is 11.4 Å². The molecule has 0 aromatic heterocycles. The highest BCUT2D eigenvalue weighted by molar-refractivity contribution is 5.56. The monoisotopic (exact) mass is 265 g/mol. The van der Waals surface area contributed by atoms with E-state index in [4.69, 9.17) is 4.74 Å². The predicted molar refractivity (Wildman–Crippen MR) is 73.8 cm³/mol. The van der Waals surface area contributed by atoms with Gasteiger partial charge in [0.05, 0.1) is 18.1 Å². The molecule has 6 heteroatoms. The number of methoxy groups -OCH3 is 1. The number of anilines is 1. The second kappa shape index (κ2) is 6.38. The van der Waals surface area contributed by atoms with E-state index in [-0.39, 0.29) is 5.69 Å². The molecule has 1 saturated heterocycles. The van der Waals surface area contributed by atoms with Crippen LogP contribution >= 0.6 is 0 Å². The van der Waals surface area contributed by atoms with Crippen LogP contribution in [0.25, 0.3) is 0 Å². The zero-order valence-electron chi connectivity index (χ0n) is 11.1. The van der Waals surface area contributed by atoms with E-state index >= 15 is 0 Å². The van der Waals surface area contributed by atoms with Crippen molar-refractivity contribution in [3.8, 4) is 5.75 Å². The Kier molecular flexibility index (Phi) is 4.57. The van der Waals surface area contributed by atoms with Gasteiger partial charge in [-0.1, -0.05) is 0 Å². The zero-order chi connectivity index (χ0) is 13.7. The Morgan fingerprint density at radius 2 is 2.11 bits per heavy atom. The molecule has 2 rings (SSSR count). The molecular weight excluding hydrogens is 246 g/mol. The average Bonchev–Trinajstić information content (AvgIpc) is 2.91. The molecule has 1 aliphatic heterocycles. The van der Waals surface area contributed by atoms with Crippen LogP contribution < -0.4 is 10.1 Å². The van der Waals surface area contributed by atoms with Crippen LogP contribution in [0.1, 0.15) is 12.8 Å². The largest absolute Gasteiger partial charge is 0.496 e. The van der Waals surface area contributed by atoms with E-state index in [1.54, 1.807) is 6.07 Å². The molecule has 0 saturated carbocycles. The first-order valence-electron chi connectivity index (χ1n) is 6.49. The molecule has 0 amide bonds. The second-order valence-corrected chi connectivity index (χ2v) is 4.65. The third kappa shape index (κ3) is 3.82. The molecule has 19 heavy (non-hydrogen) atoms. The summed E-state index contributed by atoms with van der Waals surface area (Å²) >= 11 is 0. The maximum atomic E-state index is 10.8. The zero-order valence-corrected chi connectivity index (χ0v) is 11.1. The van der Waals surface area contributed by atoms with Gasteiger partial charge < -0.3 is 15.0 Å². The quantitative estimate of drug-likeness (QED) is 0.630. The number of rotatable bonds is 6. The van der Waals surface area contributed by atoms with Crippen LogP contribution in [-0.4, -0.2) is 43.1 Å². The Bertz CT molecular complexity index is 445. The summed E-state index contributed by atoms with van der Waals surface area (Å²) in [6.07, 6.45) is 2.54. The number of likely N-dealkylation sites (tertiary alicyclic amines) is 1. The predicted octanol–water partition coefficient (Wildman–Crippen LogP) is 2.11. The number of non-ortho nitro benzene ring substituents is 1. The van der Waals surface area contributed by atoms with Gasteiger partial charge >= 0.3 is 0 Å². The molecule has 1 heterocycles. The molecule has 6 nitrogen and oxygen atoms in total. The van der Waals surface area contributed by atoms with Crippen molar-refractivity contribution in [3.05, 3.63) is 28.3 Å². The van der Waals surface area contributed by atoms with E-state index < -0.39 is 4.92 Å². The third-order valence-electron chi connectivity index (χ3n) is 3.29. The van der Waals surface area contributed by atoms with Crippen LogP contribution in [-0.2, 0) is 0 Å². The Labute approximate surface area is 112 Å². The number of ether oxygens (including phenoxy) is 1. The summed E-state index contributed by atoms with van der Waals surface area (Å²) in [6.45, 7) is 4.05. The molecule has 104 valence electrons. The van der Waals surface area contributed by atoms with Crippen LogP contribution in [0.2, 0.25) is 0 Å². The highest BCUT2D eigenvalue weighted by Crippen LogP contribution is 2.25. The van der Waals surface area contributed by atoms with Gasteiger partial charge in [-0.05, 0) is 25.9 Å². The highest BCUT2D eigenvalue weighted by atomic mass is 16.6. The van der Waals surface area contributed by atoms with Gasteiger partial charge in [0, 0.05) is 30.9 Å². The van der Waals surface area contributed by atoms with Crippen LogP contribution in [0.5, 0.6) is 5.75 Å². The number of hydrogen-bond donors (Lipinski definition) is 1. The SMILES string of the molecule is COc1cc(NCCN2CCCC2)cc([N+](=O)[O-])c1. The minimum Gasteiger partial charge on any atom is -0.496 e. The fraction of sp³-hybridized carbons (Fsp3) is 0.538. The van der Waals surface area contributed by atoms with Crippen molar-refractivity contribution in [3.63, 3.8) is 0 Å². The summed E-state index contributed by atoms with van der Waals surface area (Å²) in [5.41, 5.74) is 0.772. The summed E-state index contributed by atoms with van der Waals surface area (Å²) in [4.78, 5) is 12.8. The number of nitrogens with one attached hydrogen (secondary N) is 1. The van der Waals surface area contributed by atoms with Gasteiger partial charge in [0.15, 0.2) is 0 Å².